The van der Waals surface area contributed by atoms with Gasteiger partial charge in [-0.2, -0.15) is 15.1 Å². The van der Waals surface area contributed by atoms with Crippen LogP contribution in [-0.2, 0) is 4.79 Å². The van der Waals surface area contributed by atoms with E-state index >= 15 is 0 Å². The van der Waals surface area contributed by atoms with Gasteiger partial charge in [-0.1, -0.05) is 35.9 Å². The van der Waals surface area contributed by atoms with E-state index < -0.39 is 5.91 Å². The van der Waals surface area contributed by atoms with Crippen molar-refractivity contribution < 1.29 is 14.3 Å². The lowest BCUT2D eigenvalue weighted by molar-refractivity contribution is -0.114. The third-order valence-corrected chi connectivity index (χ3v) is 7.47. The van der Waals surface area contributed by atoms with Crippen molar-refractivity contribution >= 4 is 51.1 Å². The summed E-state index contributed by atoms with van der Waals surface area (Å²) in [6, 6.07) is 17.5. The molecule has 1 amide bonds. The summed E-state index contributed by atoms with van der Waals surface area (Å²) >= 11 is 2.86. The van der Waals surface area contributed by atoms with Crippen molar-refractivity contribution in [3.8, 4) is 11.5 Å². The van der Waals surface area contributed by atoms with Crippen LogP contribution in [0.1, 0.15) is 28.0 Å². The number of ether oxygens (including phenoxy) is 2. The molecule has 5 rings (SSSR count). The van der Waals surface area contributed by atoms with E-state index in [0.717, 1.165) is 39.0 Å². The molecule has 9 heteroatoms. The molecule has 1 N–H and O–H groups in total. The van der Waals surface area contributed by atoms with Crippen LogP contribution >= 0.6 is 23.1 Å². The van der Waals surface area contributed by atoms with E-state index in [4.69, 9.17) is 14.9 Å². The number of hydrogen-bond acceptors (Lipinski definition) is 7. The molecule has 0 fully saturated rings. The quantitative estimate of drug-likeness (QED) is 0.298. The van der Waals surface area contributed by atoms with E-state index in [2.05, 4.69) is 23.1 Å². The van der Waals surface area contributed by atoms with Crippen molar-refractivity contribution in [1.29, 1.82) is 5.41 Å². The SMILES string of the molecule is Cc1ccc(OCCCOc2ccc(C=C3C(=N)N4N=C(c5cccs5)SC4=NC3=O)cc2)c(C)c1. The number of aryl methyl sites for hydroxylation is 2. The number of nitrogens with zero attached hydrogens (tertiary/aromatic N) is 3. The Hall–Kier alpha value is -3.69. The molecular weight excluding hydrogens is 492 g/mol. The number of amidine groups is 2. The van der Waals surface area contributed by atoms with Crippen LogP contribution in [0.5, 0.6) is 11.5 Å². The van der Waals surface area contributed by atoms with Crippen molar-refractivity contribution in [2.75, 3.05) is 13.2 Å². The van der Waals surface area contributed by atoms with E-state index in [1.807, 2.05) is 60.8 Å². The van der Waals surface area contributed by atoms with Crippen molar-refractivity contribution in [3.63, 3.8) is 0 Å². The summed E-state index contributed by atoms with van der Waals surface area (Å²) in [5.41, 5.74) is 3.33. The van der Waals surface area contributed by atoms with E-state index in [1.54, 1.807) is 17.4 Å². The first-order chi connectivity index (χ1) is 17.5. The molecule has 3 aromatic rings. The zero-order valence-corrected chi connectivity index (χ0v) is 21.5. The predicted molar refractivity (Wildman–Crippen MR) is 146 cm³/mol. The third-order valence-electron chi connectivity index (χ3n) is 5.52. The largest absolute Gasteiger partial charge is 0.493 e. The third kappa shape index (κ3) is 5.27. The normalized spacial score (nSPS) is 16.2. The zero-order chi connectivity index (χ0) is 25.1. The van der Waals surface area contributed by atoms with Crippen LogP contribution in [0.2, 0.25) is 0 Å². The van der Waals surface area contributed by atoms with Crippen LogP contribution < -0.4 is 9.47 Å². The van der Waals surface area contributed by atoms with Gasteiger partial charge in [-0.3, -0.25) is 10.2 Å². The molecule has 0 radical (unpaired) electrons. The first kappa shape index (κ1) is 24.0. The maximum absolute atomic E-state index is 12.6. The summed E-state index contributed by atoms with van der Waals surface area (Å²) < 4.78 is 11.7. The summed E-state index contributed by atoms with van der Waals surface area (Å²) in [6.45, 7) is 5.22. The Kier molecular flexibility index (Phi) is 7.02. The van der Waals surface area contributed by atoms with Crippen molar-refractivity contribution in [2.45, 2.75) is 20.3 Å². The minimum Gasteiger partial charge on any atom is -0.493 e. The second-order valence-corrected chi connectivity index (χ2v) is 10.2. The molecule has 3 heterocycles. The molecule has 36 heavy (non-hydrogen) atoms. The summed E-state index contributed by atoms with van der Waals surface area (Å²) in [5.74, 6) is 1.21. The average molecular weight is 517 g/mol. The number of carbonyl (C=O) groups excluding carboxylic acids is 1. The molecule has 0 spiro atoms. The maximum Gasteiger partial charge on any atom is 0.283 e. The molecule has 0 aliphatic carbocycles. The highest BCUT2D eigenvalue weighted by molar-refractivity contribution is 8.27. The molecule has 0 unspecified atom stereocenters. The fourth-order valence-electron chi connectivity index (χ4n) is 3.71. The molecule has 182 valence electrons. The van der Waals surface area contributed by atoms with Crippen molar-refractivity contribution in [3.05, 3.63) is 87.1 Å². The molecule has 0 bridgehead atoms. The van der Waals surface area contributed by atoms with Gasteiger partial charge in [0.05, 0.1) is 23.7 Å². The monoisotopic (exact) mass is 516 g/mol. The van der Waals surface area contributed by atoms with Crippen LogP contribution in [0, 0.1) is 19.3 Å². The predicted octanol–water partition coefficient (Wildman–Crippen LogP) is 5.88. The van der Waals surface area contributed by atoms with Gasteiger partial charge in [-0.05, 0) is 72.5 Å². The number of nitrogens with one attached hydrogen (secondary N) is 1. The van der Waals surface area contributed by atoms with Crippen LogP contribution in [0.3, 0.4) is 0 Å². The summed E-state index contributed by atoms with van der Waals surface area (Å²) in [6.07, 6.45) is 2.42. The molecule has 1 aromatic heterocycles. The number of benzene rings is 2. The highest BCUT2D eigenvalue weighted by atomic mass is 32.2. The van der Waals surface area contributed by atoms with E-state index in [1.165, 1.54) is 22.3 Å². The number of hydrogen-bond donors (Lipinski definition) is 1. The minimum absolute atomic E-state index is 0.0215. The van der Waals surface area contributed by atoms with E-state index in [0.29, 0.717) is 18.4 Å². The van der Waals surface area contributed by atoms with Gasteiger partial charge in [0, 0.05) is 6.42 Å². The van der Waals surface area contributed by atoms with Crippen LogP contribution in [0.25, 0.3) is 6.08 Å². The number of fused-ring (bicyclic) bond motifs is 1. The average Bonchev–Trinajstić information content (AvgIpc) is 3.54. The van der Waals surface area contributed by atoms with Crippen molar-refractivity contribution in [1.82, 2.24) is 5.01 Å². The number of carbonyl (C=O) groups is 1. The van der Waals surface area contributed by atoms with Gasteiger partial charge in [-0.15, -0.1) is 11.3 Å². The van der Waals surface area contributed by atoms with Gasteiger partial charge < -0.3 is 9.47 Å². The standard InChI is InChI=1S/C27H24N4O3S2/c1-17-6-11-22(18(2)15-17)34-13-4-12-33-20-9-7-19(8-10-20)16-21-24(28)31-27(29-25(21)32)36-26(30-31)23-5-3-14-35-23/h3,5-11,14-16,28H,4,12-13H2,1-2H3. The fourth-order valence-corrected chi connectivity index (χ4v) is 5.39. The number of hydrazone groups is 1. The molecule has 0 atom stereocenters. The summed E-state index contributed by atoms with van der Waals surface area (Å²) in [5, 5.41) is 17.6. The van der Waals surface area contributed by atoms with Crippen LogP contribution in [0.4, 0.5) is 0 Å². The highest BCUT2D eigenvalue weighted by Crippen LogP contribution is 2.32. The van der Waals surface area contributed by atoms with Crippen LogP contribution in [0.15, 0.2) is 75.6 Å². The Morgan fingerprint density at radius 2 is 1.86 bits per heavy atom. The topological polar surface area (TPSA) is 87.3 Å². The molecule has 2 aromatic carbocycles. The maximum atomic E-state index is 12.6. The first-order valence-electron chi connectivity index (χ1n) is 11.4. The minimum atomic E-state index is -0.439. The molecular formula is C27H24N4O3S2. The smallest absolute Gasteiger partial charge is 0.283 e. The highest BCUT2D eigenvalue weighted by Gasteiger charge is 2.36. The van der Waals surface area contributed by atoms with Gasteiger partial charge in [-0.25, -0.2) is 0 Å². The van der Waals surface area contributed by atoms with Crippen molar-refractivity contribution in [2.24, 2.45) is 10.1 Å². The Bertz CT molecular complexity index is 1390. The number of thiophene rings is 1. The summed E-state index contributed by atoms with van der Waals surface area (Å²) in [7, 11) is 0. The molecule has 7 nitrogen and oxygen atoms in total. The number of aliphatic imine (C=N–C) groups is 1. The van der Waals surface area contributed by atoms with Gasteiger partial charge in [0.15, 0.2) is 5.84 Å². The lowest BCUT2D eigenvalue weighted by atomic mass is 10.1. The Balaban J connectivity index is 1.16. The number of rotatable bonds is 8. The van der Waals surface area contributed by atoms with E-state index in [-0.39, 0.29) is 11.4 Å². The lowest BCUT2D eigenvalue weighted by Gasteiger charge is -2.20. The van der Waals surface area contributed by atoms with Gasteiger partial charge in [0.2, 0.25) is 5.17 Å². The Morgan fingerprint density at radius 3 is 2.61 bits per heavy atom. The number of amides is 1. The van der Waals surface area contributed by atoms with Gasteiger partial charge in [0.1, 0.15) is 16.5 Å². The zero-order valence-electron chi connectivity index (χ0n) is 19.9. The van der Waals surface area contributed by atoms with Gasteiger partial charge in [0.25, 0.3) is 5.91 Å². The summed E-state index contributed by atoms with van der Waals surface area (Å²) in [4.78, 5) is 17.8. The Morgan fingerprint density at radius 1 is 1.06 bits per heavy atom. The molecule has 0 saturated carbocycles. The van der Waals surface area contributed by atoms with Crippen LogP contribution in [-0.4, -0.2) is 40.2 Å². The molecule has 2 aliphatic rings. The second kappa shape index (κ2) is 10.5. The fraction of sp³-hybridized carbons (Fsp3) is 0.185. The first-order valence-corrected chi connectivity index (χ1v) is 13.1. The second-order valence-electron chi connectivity index (χ2n) is 8.29. The lowest BCUT2D eigenvalue weighted by Crippen LogP contribution is -2.35. The van der Waals surface area contributed by atoms with Gasteiger partial charge >= 0.3 is 0 Å². The Labute approximate surface area is 217 Å². The molecule has 2 aliphatic heterocycles. The number of thioether (sulfide) groups is 1. The van der Waals surface area contributed by atoms with E-state index in [9.17, 15) is 4.79 Å². The molecule has 0 saturated heterocycles.